The van der Waals surface area contributed by atoms with E-state index in [4.69, 9.17) is 23.7 Å². The van der Waals surface area contributed by atoms with Crippen molar-refractivity contribution in [3.63, 3.8) is 0 Å². The lowest BCUT2D eigenvalue weighted by Gasteiger charge is -2.56. The standard InChI is InChI=1S/C31H33NO9.C2HF3O/c1-17(38-18(2)33)28(35)41-25(19-8-5-4-6-9-19)29(36)39-22-12-14-31(37)23-16-20-10-11-21(34)26-24(20)30(31,27(22)40-26)13-7-15-32(23)3;3-2(4,5)1-6/h4-6,8-12,17,23,25,27,34,37H,7,13-16H2,1-3H3;1H/t17-,23+,25-,27-,30-,31+;/m0./s1. The van der Waals surface area contributed by atoms with E-state index in [0.29, 0.717) is 24.2 Å². The van der Waals surface area contributed by atoms with Crippen molar-refractivity contribution in [2.24, 2.45) is 0 Å². The van der Waals surface area contributed by atoms with Crippen molar-refractivity contribution >= 4 is 24.2 Å². The first-order chi connectivity index (χ1) is 22.1. The molecule has 2 aromatic rings. The fourth-order valence-electron chi connectivity index (χ4n) is 7.25. The topological polar surface area (TPSA) is 149 Å². The van der Waals surface area contributed by atoms with Crippen LogP contribution in [-0.2, 0) is 45.2 Å². The summed E-state index contributed by atoms with van der Waals surface area (Å²) in [6, 6.07) is 11.7. The monoisotopic (exact) mass is 661 g/mol. The van der Waals surface area contributed by atoms with Crippen LogP contribution in [0.1, 0.15) is 55.9 Å². The second-order valence-corrected chi connectivity index (χ2v) is 12.0. The number of aldehydes is 1. The molecule has 252 valence electrons. The second-order valence-electron chi connectivity index (χ2n) is 12.0. The smallest absolute Gasteiger partial charge is 0.446 e. The van der Waals surface area contributed by atoms with Crippen molar-refractivity contribution in [3.8, 4) is 11.5 Å². The molecule has 1 spiro atoms. The number of rotatable bonds is 6. The van der Waals surface area contributed by atoms with Crippen LogP contribution in [0, 0.1) is 0 Å². The zero-order valence-corrected chi connectivity index (χ0v) is 25.8. The molecule has 1 fully saturated rings. The van der Waals surface area contributed by atoms with Crippen LogP contribution in [0.2, 0.25) is 0 Å². The van der Waals surface area contributed by atoms with Crippen LogP contribution in [0.4, 0.5) is 13.2 Å². The van der Waals surface area contributed by atoms with Gasteiger partial charge in [-0.3, -0.25) is 9.59 Å². The number of ether oxygens (including phenoxy) is 4. The van der Waals surface area contributed by atoms with Gasteiger partial charge >= 0.3 is 24.1 Å². The van der Waals surface area contributed by atoms with E-state index in [1.807, 2.05) is 13.1 Å². The number of esters is 3. The van der Waals surface area contributed by atoms with Gasteiger partial charge in [-0.25, -0.2) is 9.59 Å². The number of nitrogens with zero attached hydrogens (tertiary/aromatic N) is 1. The summed E-state index contributed by atoms with van der Waals surface area (Å²) >= 11 is 0. The van der Waals surface area contributed by atoms with E-state index in [1.54, 1.807) is 42.5 Å². The zero-order chi connectivity index (χ0) is 34.3. The average molecular weight is 662 g/mol. The van der Waals surface area contributed by atoms with E-state index in [2.05, 4.69) is 4.90 Å². The Labute approximate surface area is 267 Å². The van der Waals surface area contributed by atoms with Crippen molar-refractivity contribution in [1.82, 2.24) is 4.90 Å². The predicted molar refractivity (Wildman–Crippen MR) is 156 cm³/mol. The second kappa shape index (κ2) is 12.6. The minimum atomic E-state index is -4.64. The van der Waals surface area contributed by atoms with E-state index >= 15 is 0 Å². The molecule has 6 atom stereocenters. The number of aliphatic hydroxyl groups is 1. The van der Waals surface area contributed by atoms with Crippen molar-refractivity contribution in [3.05, 3.63) is 71.0 Å². The molecular weight excluding hydrogens is 627 g/mol. The van der Waals surface area contributed by atoms with Gasteiger partial charge in [0.2, 0.25) is 12.4 Å². The van der Waals surface area contributed by atoms with Gasteiger partial charge in [0.1, 0.15) is 5.76 Å². The summed E-state index contributed by atoms with van der Waals surface area (Å²) in [5, 5.41) is 23.2. The van der Waals surface area contributed by atoms with Crippen LogP contribution in [0.15, 0.2) is 54.3 Å². The van der Waals surface area contributed by atoms with Crippen LogP contribution >= 0.6 is 0 Å². The quantitative estimate of drug-likeness (QED) is 0.266. The Kier molecular flexibility index (Phi) is 9.12. The lowest BCUT2D eigenvalue weighted by atomic mass is 9.52. The van der Waals surface area contributed by atoms with Gasteiger partial charge in [0.15, 0.2) is 23.7 Å². The summed E-state index contributed by atoms with van der Waals surface area (Å²) in [5.41, 5.74) is -0.0325. The molecule has 0 amide bonds. The fourth-order valence-corrected chi connectivity index (χ4v) is 7.25. The lowest BCUT2D eigenvalue weighted by Crippen LogP contribution is -2.69. The highest BCUT2D eigenvalue weighted by Crippen LogP contribution is 2.65. The Morgan fingerprint density at radius 1 is 1.11 bits per heavy atom. The minimum absolute atomic E-state index is 0.0350. The van der Waals surface area contributed by atoms with Crippen LogP contribution in [0.5, 0.6) is 11.5 Å². The minimum Gasteiger partial charge on any atom is -0.504 e. The Hall–Kier alpha value is -4.43. The molecule has 0 aromatic heterocycles. The largest absolute Gasteiger partial charge is 0.504 e. The highest BCUT2D eigenvalue weighted by molar-refractivity contribution is 5.84. The number of benzene rings is 2. The van der Waals surface area contributed by atoms with E-state index in [-0.39, 0.29) is 24.0 Å². The van der Waals surface area contributed by atoms with Crippen molar-refractivity contribution < 1.29 is 61.5 Å². The van der Waals surface area contributed by atoms with E-state index in [0.717, 1.165) is 24.1 Å². The maximum Gasteiger partial charge on any atom is 0.446 e. The molecule has 0 saturated carbocycles. The molecule has 1 saturated heterocycles. The van der Waals surface area contributed by atoms with Gasteiger partial charge in [-0.15, -0.1) is 0 Å². The summed E-state index contributed by atoms with van der Waals surface area (Å²) in [4.78, 5) is 48.7. The Bertz CT molecular complexity index is 1590. The van der Waals surface area contributed by atoms with Crippen molar-refractivity contribution in [1.29, 1.82) is 0 Å². The number of likely N-dealkylation sites (tertiary alicyclic amines) is 1. The first kappa shape index (κ1) is 33.9. The summed E-state index contributed by atoms with van der Waals surface area (Å²) < 4.78 is 54.1. The molecule has 14 heteroatoms. The van der Waals surface area contributed by atoms with Crippen molar-refractivity contribution in [2.75, 3.05) is 13.6 Å². The molecule has 47 heavy (non-hydrogen) atoms. The highest BCUT2D eigenvalue weighted by atomic mass is 19.4. The number of alkyl halides is 3. The summed E-state index contributed by atoms with van der Waals surface area (Å²) in [6.45, 7) is 3.31. The number of phenols is 1. The van der Waals surface area contributed by atoms with Gasteiger partial charge in [0.25, 0.3) is 0 Å². The molecule has 11 nitrogen and oxygen atoms in total. The fraction of sp³-hybridized carbons (Fsp3) is 0.455. The van der Waals surface area contributed by atoms with Gasteiger partial charge in [-0.05, 0) is 57.5 Å². The normalized spacial score (nSPS) is 26.8. The number of hydrogen-bond donors (Lipinski definition) is 2. The van der Waals surface area contributed by atoms with Crippen LogP contribution in [0.25, 0.3) is 0 Å². The van der Waals surface area contributed by atoms with E-state index < -0.39 is 59.7 Å². The number of carbonyl (C=O) groups is 4. The van der Waals surface area contributed by atoms with E-state index in [1.165, 1.54) is 13.8 Å². The highest BCUT2D eigenvalue weighted by Gasteiger charge is 2.71. The maximum atomic E-state index is 13.7. The zero-order valence-electron chi connectivity index (χ0n) is 25.8. The summed E-state index contributed by atoms with van der Waals surface area (Å²) in [7, 11) is 2.01. The third kappa shape index (κ3) is 6.07. The van der Waals surface area contributed by atoms with Crippen LogP contribution in [0.3, 0.4) is 0 Å². The molecule has 2 heterocycles. The predicted octanol–water partition coefficient (Wildman–Crippen LogP) is 3.59. The number of halogens is 3. The van der Waals surface area contributed by atoms with Crippen LogP contribution in [-0.4, -0.2) is 82.9 Å². The summed E-state index contributed by atoms with van der Waals surface area (Å²) in [6.07, 6.45) is -5.46. The molecule has 2 aliphatic heterocycles. The Balaban J connectivity index is 0.000000662. The molecule has 6 rings (SSSR count). The molecular formula is C33H34F3NO10. The third-order valence-electron chi connectivity index (χ3n) is 9.15. The first-order valence-corrected chi connectivity index (χ1v) is 14.9. The number of phenolic OH excluding ortho intramolecular Hbond substituents is 1. The van der Waals surface area contributed by atoms with Gasteiger partial charge in [-0.2, -0.15) is 13.2 Å². The molecule has 4 aliphatic rings. The number of likely N-dealkylation sites (N-methyl/N-ethyl adjacent to an activating group) is 1. The van der Waals surface area contributed by atoms with Gasteiger partial charge in [-0.1, -0.05) is 36.4 Å². The van der Waals surface area contributed by atoms with Gasteiger partial charge < -0.3 is 34.1 Å². The Morgan fingerprint density at radius 3 is 2.43 bits per heavy atom. The number of carbonyl (C=O) groups excluding carboxylic acids is 4. The Morgan fingerprint density at radius 2 is 1.79 bits per heavy atom. The lowest BCUT2D eigenvalue weighted by molar-refractivity contribution is -0.178. The average Bonchev–Trinajstić information content (AvgIpc) is 3.36. The summed E-state index contributed by atoms with van der Waals surface area (Å²) in [5.74, 6) is -1.97. The molecule has 2 aliphatic carbocycles. The molecule has 2 bridgehead atoms. The molecule has 2 aromatic carbocycles. The molecule has 2 N–H and O–H groups in total. The van der Waals surface area contributed by atoms with Gasteiger partial charge in [0, 0.05) is 30.5 Å². The number of hydrogen-bond acceptors (Lipinski definition) is 11. The molecule has 0 unspecified atom stereocenters. The maximum absolute atomic E-state index is 13.7. The first-order valence-electron chi connectivity index (χ1n) is 14.9. The third-order valence-corrected chi connectivity index (χ3v) is 9.15. The van der Waals surface area contributed by atoms with E-state index in [9.17, 15) is 37.8 Å². The van der Waals surface area contributed by atoms with Gasteiger partial charge in [0.05, 0.1) is 11.0 Å². The van der Waals surface area contributed by atoms with Crippen LogP contribution < -0.4 is 4.74 Å². The van der Waals surface area contributed by atoms with Crippen molar-refractivity contribution in [2.45, 2.75) is 81.1 Å². The SMILES string of the molecule is CC(=O)O[C@@H](C)C(=O)O[C@H](C(=O)OC1=CC[C@@]2(O)[C@H]3Cc4ccc(O)c5c4[C@@]2(CCCN3C)[C@H]1O5)c1ccccc1.O=CC(F)(F)F. The number of aromatic hydroxyl groups is 1. The molecule has 0 radical (unpaired) electrons.